The molecule has 0 saturated carbocycles. The Hall–Kier alpha value is -2.67. The molecule has 30 heavy (non-hydrogen) atoms. The zero-order valence-electron chi connectivity index (χ0n) is 17.2. The fraction of sp³-hybridized carbons (Fsp3) is 0.375. The molecule has 1 aromatic carbocycles. The van der Waals surface area contributed by atoms with Crippen molar-refractivity contribution in [3.05, 3.63) is 77.9 Å². The molecule has 0 atom stereocenters. The van der Waals surface area contributed by atoms with Crippen LogP contribution in [0.15, 0.2) is 61.1 Å². The van der Waals surface area contributed by atoms with Gasteiger partial charge in [-0.25, -0.2) is 0 Å². The lowest BCUT2D eigenvalue weighted by Crippen LogP contribution is -2.35. The second-order valence-electron chi connectivity index (χ2n) is 7.97. The molecule has 2 aliphatic rings. The third-order valence-corrected chi connectivity index (χ3v) is 5.84. The van der Waals surface area contributed by atoms with Gasteiger partial charge in [0.05, 0.1) is 25.1 Å². The van der Waals surface area contributed by atoms with Crippen LogP contribution in [0.2, 0.25) is 0 Å². The lowest BCUT2D eigenvalue weighted by atomic mass is 10.1. The quantitative estimate of drug-likeness (QED) is 0.654. The van der Waals surface area contributed by atoms with Crippen LogP contribution in [-0.2, 0) is 24.4 Å². The molecular formula is C24H28N4O2. The summed E-state index contributed by atoms with van der Waals surface area (Å²) in [4.78, 5) is 9.19. The van der Waals surface area contributed by atoms with Gasteiger partial charge >= 0.3 is 0 Å². The Kier molecular flexibility index (Phi) is 5.79. The Morgan fingerprint density at radius 2 is 1.80 bits per heavy atom. The average Bonchev–Trinajstić information content (AvgIpc) is 3.15. The number of morpholine rings is 1. The summed E-state index contributed by atoms with van der Waals surface area (Å²) in [6.07, 6.45) is 5.82. The summed E-state index contributed by atoms with van der Waals surface area (Å²) < 4.78 is 13.8. The van der Waals surface area contributed by atoms with Crippen LogP contribution >= 0.6 is 0 Å². The standard InChI is InChI=1S/C24H28N4O2/c1-3-22(16-25-7-1)28-8-2-4-23(28)19-27-11-14-30-24-6-5-20(15-21(24)18-27)17-26-9-12-29-13-10-26/h1-8,15-16H,9-14,17-19H2. The SMILES string of the molecule is c1cncc(-n2cccc2CN2CCOc3ccc(CN4CCOCC4)cc3C2)c1. The maximum Gasteiger partial charge on any atom is 0.123 e. The van der Waals surface area contributed by atoms with Gasteiger partial charge in [0, 0.05) is 62.9 Å². The van der Waals surface area contributed by atoms with E-state index in [1.165, 1.54) is 16.8 Å². The summed E-state index contributed by atoms with van der Waals surface area (Å²) in [7, 11) is 0. The molecule has 6 heteroatoms. The van der Waals surface area contributed by atoms with E-state index in [-0.39, 0.29) is 0 Å². The van der Waals surface area contributed by atoms with E-state index in [4.69, 9.17) is 9.47 Å². The number of rotatable bonds is 5. The predicted molar refractivity (Wildman–Crippen MR) is 116 cm³/mol. The number of aromatic nitrogens is 2. The van der Waals surface area contributed by atoms with E-state index in [9.17, 15) is 0 Å². The first kappa shape index (κ1) is 19.3. The van der Waals surface area contributed by atoms with Gasteiger partial charge in [0.2, 0.25) is 0 Å². The molecular weight excluding hydrogens is 376 g/mol. The molecule has 0 aliphatic carbocycles. The van der Waals surface area contributed by atoms with Gasteiger partial charge < -0.3 is 14.0 Å². The van der Waals surface area contributed by atoms with E-state index >= 15 is 0 Å². The molecule has 156 valence electrons. The maximum absolute atomic E-state index is 6.07. The Morgan fingerprint density at radius 1 is 0.900 bits per heavy atom. The van der Waals surface area contributed by atoms with Gasteiger partial charge in [0.15, 0.2) is 0 Å². The van der Waals surface area contributed by atoms with Crippen molar-refractivity contribution < 1.29 is 9.47 Å². The van der Waals surface area contributed by atoms with E-state index in [1.54, 1.807) is 0 Å². The first-order valence-corrected chi connectivity index (χ1v) is 10.7. The molecule has 0 unspecified atom stereocenters. The van der Waals surface area contributed by atoms with Gasteiger partial charge in [-0.3, -0.25) is 14.8 Å². The van der Waals surface area contributed by atoms with Crippen molar-refractivity contribution in [2.75, 3.05) is 39.5 Å². The zero-order chi connectivity index (χ0) is 20.2. The molecule has 3 aromatic rings. The van der Waals surface area contributed by atoms with Crippen LogP contribution in [-0.4, -0.2) is 58.8 Å². The van der Waals surface area contributed by atoms with Crippen LogP contribution < -0.4 is 4.74 Å². The van der Waals surface area contributed by atoms with Crippen molar-refractivity contribution >= 4 is 0 Å². The number of pyridine rings is 1. The molecule has 0 radical (unpaired) electrons. The lowest BCUT2D eigenvalue weighted by Gasteiger charge is -2.27. The average molecular weight is 405 g/mol. The van der Waals surface area contributed by atoms with Gasteiger partial charge in [-0.05, 0) is 42.0 Å². The zero-order valence-corrected chi connectivity index (χ0v) is 17.2. The normalized spacial score (nSPS) is 17.9. The molecule has 0 bridgehead atoms. The number of hydrogen-bond acceptors (Lipinski definition) is 5. The van der Waals surface area contributed by atoms with Crippen molar-refractivity contribution in [2.24, 2.45) is 0 Å². The highest BCUT2D eigenvalue weighted by Crippen LogP contribution is 2.26. The van der Waals surface area contributed by atoms with Crippen LogP contribution in [0.3, 0.4) is 0 Å². The third kappa shape index (κ3) is 4.41. The number of benzene rings is 1. The Morgan fingerprint density at radius 3 is 2.67 bits per heavy atom. The van der Waals surface area contributed by atoms with Crippen molar-refractivity contribution in [3.8, 4) is 11.4 Å². The van der Waals surface area contributed by atoms with Gasteiger partial charge in [-0.1, -0.05) is 6.07 Å². The molecule has 1 fully saturated rings. The van der Waals surface area contributed by atoms with E-state index in [0.717, 1.165) is 63.9 Å². The first-order chi connectivity index (χ1) is 14.8. The summed E-state index contributed by atoms with van der Waals surface area (Å²) in [5.41, 5.74) is 4.98. The molecule has 6 nitrogen and oxygen atoms in total. The van der Waals surface area contributed by atoms with E-state index in [2.05, 4.69) is 61.9 Å². The van der Waals surface area contributed by atoms with Crippen LogP contribution in [0, 0.1) is 0 Å². The van der Waals surface area contributed by atoms with Crippen molar-refractivity contribution in [2.45, 2.75) is 19.6 Å². The second-order valence-corrected chi connectivity index (χ2v) is 7.97. The monoisotopic (exact) mass is 404 g/mol. The predicted octanol–water partition coefficient (Wildman–Crippen LogP) is 3.10. The van der Waals surface area contributed by atoms with Crippen LogP contribution in [0.5, 0.6) is 5.75 Å². The number of fused-ring (bicyclic) bond motifs is 1. The van der Waals surface area contributed by atoms with Crippen LogP contribution in [0.25, 0.3) is 5.69 Å². The molecule has 0 amide bonds. The summed E-state index contributed by atoms with van der Waals surface area (Å²) in [6, 6.07) is 15.0. The number of hydrogen-bond donors (Lipinski definition) is 0. The van der Waals surface area contributed by atoms with Gasteiger partial charge in [0.25, 0.3) is 0 Å². The van der Waals surface area contributed by atoms with E-state index < -0.39 is 0 Å². The van der Waals surface area contributed by atoms with Gasteiger partial charge in [-0.2, -0.15) is 0 Å². The first-order valence-electron chi connectivity index (χ1n) is 10.7. The maximum atomic E-state index is 6.07. The Balaban J connectivity index is 1.31. The van der Waals surface area contributed by atoms with Crippen molar-refractivity contribution in [3.63, 3.8) is 0 Å². The Labute approximate surface area is 177 Å². The number of ether oxygens (including phenoxy) is 2. The highest BCUT2D eigenvalue weighted by molar-refractivity contribution is 5.38. The Bertz CT molecular complexity index is 966. The fourth-order valence-electron chi connectivity index (χ4n) is 4.27. The third-order valence-electron chi connectivity index (χ3n) is 5.84. The second kappa shape index (κ2) is 9.00. The molecule has 2 aliphatic heterocycles. The van der Waals surface area contributed by atoms with Crippen molar-refractivity contribution in [1.82, 2.24) is 19.4 Å². The fourth-order valence-corrected chi connectivity index (χ4v) is 4.27. The molecule has 4 heterocycles. The van der Waals surface area contributed by atoms with Gasteiger partial charge in [-0.15, -0.1) is 0 Å². The minimum Gasteiger partial charge on any atom is -0.492 e. The minimum atomic E-state index is 0.712. The smallest absolute Gasteiger partial charge is 0.123 e. The topological polar surface area (TPSA) is 42.8 Å². The minimum absolute atomic E-state index is 0.712. The summed E-state index contributed by atoms with van der Waals surface area (Å²) >= 11 is 0. The summed E-state index contributed by atoms with van der Waals surface area (Å²) in [5.74, 6) is 1.02. The highest BCUT2D eigenvalue weighted by atomic mass is 16.5. The molecule has 0 spiro atoms. The van der Waals surface area contributed by atoms with E-state index in [0.29, 0.717) is 6.61 Å². The summed E-state index contributed by atoms with van der Waals surface area (Å²) in [6.45, 7) is 8.03. The van der Waals surface area contributed by atoms with Gasteiger partial charge in [0.1, 0.15) is 12.4 Å². The number of nitrogens with zero attached hydrogens (tertiary/aromatic N) is 4. The lowest BCUT2D eigenvalue weighted by molar-refractivity contribution is 0.0342. The molecule has 5 rings (SSSR count). The van der Waals surface area contributed by atoms with Crippen molar-refractivity contribution in [1.29, 1.82) is 0 Å². The molecule has 1 saturated heterocycles. The van der Waals surface area contributed by atoms with Crippen LogP contribution in [0.4, 0.5) is 0 Å². The summed E-state index contributed by atoms with van der Waals surface area (Å²) in [5, 5.41) is 0. The molecule has 2 aromatic heterocycles. The molecule has 0 N–H and O–H groups in total. The highest BCUT2D eigenvalue weighted by Gasteiger charge is 2.18. The van der Waals surface area contributed by atoms with Crippen LogP contribution in [0.1, 0.15) is 16.8 Å². The van der Waals surface area contributed by atoms with E-state index in [1.807, 2.05) is 18.5 Å². The largest absolute Gasteiger partial charge is 0.492 e.